The van der Waals surface area contributed by atoms with Crippen molar-refractivity contribution in [2.24, 2.45) is 10.9 Å². The number of guanidine groups is 1. The van der Waals surface area contributed by atoms with Crippen LogP contribution in [0.1, 0.15) is 30.9 Å². The topological polar surface area (TPSA) is 36.4 Å². The maximum Gasteiger partial charge on any atom is 0.416 e. The second kappa shape index (κ2) is 8.70. The smallest absolute Gasteiger partial charge is 0.357 e. The van der Waals surface area contributed by atoms with Crippen LogP contribution in [0, 0.1) is 11.7 Å². The Hall–Kier alpha value is -1.06. The summed E-state index contributed by atoms with van der Waals surface area (Å²) < 4.78 is 51.8. The lowest BCUT2D eigenvalue weighted by molar-refractivity contribution is -0.138. The predicted molar refractivity (Wildman–Crippen MR) is 92.4 cm³/mol. The normalized spacial score (nSPS) is 15.1. The molecule has 0 aromatic heterocycles. The molecule has 1 saturated carbocycles. The van der Waals surface area contributed by atoms with Crippen molar-refractivity contribution in [2.75, 3.05) is 13.1 Å². The van der Waals surface area contributed by atoms with Gasteiger partial charge in [-0.15, -0.1) is 24.0 Å². The fraction of sp³-hybridized carbons (Fsp3) is 0.533. The summed E-state index contributed by atoms with van der Waals surface area (Å²) in [5, 5.41) is 6.10. The molecule has 1 aromatic carbocycles. The van der Waals surface area contributed by atoms with Gasteiger partial charge >= 0.3 is 6.18 Å². The largest absolute Gasteiger partial charge is 0.416 e. The van der Waals surface area contributed by atoms with E-state index in [1.54, 1.807) is 0 Å². The Bertz CT molecular complexity index is 542. The summed E-state index contributed by atoms with van der Waals surface area (Å²) in [5.41, 5.74) is -1.02. The Morgan fingerprint density at radius 1 is 1.26 bits per heavy atom. The van der Waals surface area contributed by atoms with Gasteiger partial charge in [-0.3, -0.25) is 0 Å². The van der Waals surface area contributed by atoms with Gasteiger partial charge in [-0.25, -0.2) is 9.38 Å². The monoisotopic (exact) mass is 445 g/mol. The van der Waals surface area contributed by atoms with E-state index in [9.17, 15) is 17.6 Å². The second-order valence-corrected chi connectivity index (χ2v) is 5.32. The van der Waals surface area contributed by atoms with Crippen LogP contribution in [0.4, 0.5) is 17.6 Å². The predicted octanol–water partition coefficient (Wildman–Crippen LogP) is 3.93. The summed E-state index contributed by atoms with van der Waals surface area (Å²) in [4.78, 5) is 4.16. The zero-order chi connectivity index (χ0) is 16.2. The minimum atomic E-state index is -4.59. The maximum absolute atomic E-state index is 13.1. The lowest BCUT2D eigenvalue weighted by atomic mass is 10.1. The SMILES string of the molecule is CCNC(=NCc1ccc(F)cc1C(F)(F)F)NCC1CC1.I. The fourth-order valence-electron chi connectivity index (χ4n) is 2.02. The number of benzene rings is 1. The van der Waals surface area contributed by atoms with Gasteiger partial charge in [0.25, 0.3) is 0 Å². The van der Waals surface area contributed by atoms with Crippen molar-refractivity contribution in [1.82, 2.24) is 10.6 Å². The number of hydrogen-bond donors (Lipinski definition) is 2. The molecule has 0 saturated heterocycles. The molecule has 0 heterocycles. The van der Waals surface area contributed by atoms with E-state index in [2.05, 4.69) is 15.6 Å². The van der Waals surface area contributed by atoms with E-state index >= 15 is 0 Å². The standard InChI is InChI=1S/C15H19F4N3.HI/c1-2-20-14(21-8-10-3-4-10)22-9-11-5-6-12(16)7-13(11)15(17,18)19;/h5-7,10H,2-4,8-9H2,1H3,(H2,20,21,22);1H. The first-order valence-corrected chi connectivity index (χ1v) is 7.28. The van der Waals surface area contributed by atoms with Crippen molar-refractivity contribution in [2.45, 2.75) is 32.5 Å². The van der Waals surface area contributed by atoms with Gasteiger partial charge in [-0.2, -0.15) is 13.2 Å². The molecule has 1 aliphatic carbocycles. The van der Waals surface area contributed by atoms with Crippen LogP contribution >= 0.6 is 24.0 Å². The molecule has 130 valence electrons. The number of rotatable bonds is 5. The number of alkyl halides is 3. The average molecular weight is 445 g/mol. The van der Waals surface area contributed by atoms with E-state index in [-0.39, 0.29) is 36.1 Å². The molecule has 3 nitrogen and oxygen atoms in total. The number of aliphatic imine (C=N–C) groups is 1. The van der Waals surface area contributed by atoms with Crippen molar-refractivity contribution < 1.29 is 17.6 Å². The van der Waals surface area contributed by atoms with Gasteiger partial charge in [0.05, 0.1) is 12.1 Å². The molecular formula is C15H20F4IN3. The van der Waals surface area contributed by atoms with Crippen LogP contribution in [-0.4, -0.2) is 19.0 Å². The Labute approximate surface area is 150 Å². The highest BCUT2D eigenvalue weighted by Gasteiger charge is 2.33. The summed E-state index contributed by atoms with van der Waals surface area (Å²) in [5.74, 6) is 0.200. The lowest BCUT2D eigenvalue weighted by Gasteiger charge is -2.13. The van der Waals surface area contributed by atoms with Crippen LogP contribution in [0.5, 0.6) is 0 Å². The third kappa shape index (κ3) is 6.52. The van der Waals surface area contributed by atoms with Crippen LogP contribution in [0.15, 0.2) is 23.2 Å². The second-order valence-electron chi connectivity index (χ2n) is 5.32. The van der Waals surface area contributed by atoms with Gasteiger partial charge < -0.3 is 10.6 Å². The van der Waals surface area contributed by atoms with E-state index in [1.807, 2.05) is 6.92 Å². The summed E-state index contributed by atoms with van der Waals surface area (Å²) in [6.07, 6.45) is -2.25. The minimum Gasteiger partial charge on any atom is -0.357 e. The van der Waals surface area contributed by atoms with E-state index < -0.39 is 17.6 Å². The lowest BCUT2D eigenvalue weighted by Crippen LogP contribution is -2.38. The molecule has 0 amide bonds. The van der Waals surface area contributed by atoms with Gasteiger partial charge in [-0.1, -0.05) is 6.07 Å². The van der Waals surface area contributed by atoms with E-state index in [1.165, 1.54) is 12.8 Å². The Morgan fingerprint density at radius 2 is 1.96 bits per heavy atom. The van der Waals surface area contributed by atoms with Crippen LogP contribution < -0.4 is 10.6 Å². The van der Waals surface area contributed by atoms with Gasteiger partial charge in [0.15, 0.2) is 5.96 Å². The first-order chi connectivity index (χ1) is 10.4. The first-order valence-electron chi connectivity index (χ1n) is 7.28. The molecule has 8 heteroatoms. The quantitative estimate of drug-likeness (QED) is 0.312. The summed E-state index contributed by atoms with van der Waals surface area (Å²) in [7, 11) is 0. The fourth-order valence-corrected chi connectivity index (χ4v) is 2.02. The van der Waals surface area contributed by atoms with Gasteiger partial charge in [0.2, 0.25) is 0 Å². The van der Waals surface area contributed by atoms with E-state index in [4.69, 9.17) is 0 Å². The minimum absolute atomic E-state index is 0. The van der Waals surface area contributed by atoms with Gasteiger partial charge in [0, 0.05) is 13.1 Å². The van der Waals surface area contributed by atoms with E-state index in [0.717, 1.165) is 18.7 Å². The molecule has 0 unspecified atom stereocenters. The molecule has 23 heavy (non-hydrogen) atoms. The van der Waals surface area contributed by atoms with Gasteiger partial charge in [0.1, 0.15) is 5.82 Å². The molecule has 0 spiro atoms. The number of hydrogen-bond acceptors (Lipinski definition) is 1. The molecule has 0 radical (unpaired) electrons. The zero-order valence-corrected chi connectivity index (χ0v) is 15.0. The summed E-state index contributed by atoms with van der Waals surface area (Å²) >= 11 is 0. The molecule has 0 aliphatic heterocycles. The molecular weight excluding hydrogens is 425 g/mol. The third-order valence-electron chi connectivity index (χ3n) is 3.38. The van der Waals surface area contributed by atoms with Crippen LogP contribution in [-0.2, 0) is 12.7 Å². The van der Waals surface area contributed by atoms with Crippen LogP contribution in [0.2, 0.25) is 0 Å². The average Bonchev–Trinajstić information content (AvgIpc) is 3.26. The molecule has 0 bridgehead atoms. The molecule has 2 N–H and O–H groups in total. The Balaban J connectivity index is 0.00000264. The molecule has 0 atom stereocenters. The van der Waals surface area contributed by atoms with Crippen LogP contribution in [0.3, 0.4) is 0 Å². The van der Waals surface area contributed by atoms with Crippen LogP contribution in [0.25, 0.3) is 0 Å². The Morgan fingerprint density at radius 3 is 2.52 bits per heavy atom. The van der Waals surface area contributed by atoms with Gasteiger partial charge in [-0.05, 0) is 43.4 Å². The Kier molecular flexibility index (Phi) is 7.56. The zero-order valence-electron chi connectivity index (χ0n) is 12.7. The first kappa shape index (κ1) is 20.0. The molecule has 1 aliphatic rings. The van der Waals surface area contributed by atoms with Crippen molar-refractivity contribution in [1.29, 1.82) is 0 Å². The van der Waals surface area contributed by atoms with Crippen molar-refractivity contribution in [3.05, 3.63) is 35.1 Å². The van der Waals surface area contributed by atoms with Crippen molar-refractivity contribution in [3.8, 4) is 0 Å². The molecule has 1 aromatic rings. The number of nitrogens with zero attached hydrogens (tertiary/aromatic N) is 1. The summed E-state index contributed by atoms with van der Waals surface area (Å²) in [6, 6.07) is 2.66. The number of halogens is 5. The highest BCUT2D eigenvalue weighted by atomic mass is 127. The molecule has 1 fully saturated rings. The molecule has 2 rings (SSSR count). The summed E-state index contributed by atoms with van der Waals surface area (Å²) in [6.45, 7) is 3.11. The third-order valence-corrected chi connectivity index (χ3v) is 3.38. The highest BCUT2D eigenvalue weighted by molar-refractivity contribution is 14.0. The highest BCUT2D eigenvalue weighted by Crippen LogP contribution is 2.33. The number of nitrogens with one attached hydrogen (secondary N) is 2. The van der Waals surface area contributed by atoms with E-state index in [0.29, 0.717) is 24.5 Å². The van der Waals surface area contributed by atoms with Crippen molar-refractivity contribution in [3.63, 3.8) is 0 Å². The van der Waals surface area contributed by atoms with Crippen molar-refractivity contribution >= 4 is 29.9 Å². The maximum atomic E-state index is 13.1.